The van der Waals surface area contributed by atoms with Crippen LogP contribution in [0.1, 0.15) is 45.4 Å². The first-order valence-corrected chi connectivity index (χ1v) is 7.85. The lowest BCUT2D eigenvalue weighted by Gasteiger charge is -2.28. The van der Waals surface area contributed by atoms with Crippen molar-refractivity contribution in [2.24, 2.45) is 5.92 Å². The Labute approximate surface area is 127 Å². The third-order valence-corrected chi connectivity index (χ3v) is 4.86. The van der Waals surface area contributed by atoms with Gasteiger partial charge >= 0.3 is 6.36 Å². The van der Waals surface area contributed by atoms with Crippen molar-refractivity contribution < 1.29 is 22.7 Å². The summed E-state index contributed by atoms with van der Waals surface area (Å²) in [5, 5.41) is 2.92. The second-order valence-electron chi connectivity index (χ2n) is 6.15. The third kappa shape index (κ3) is 2.81. The van der Waals surface area contributed by atoms with E-state index in [1.807, 2.05) is 6.92 Å². The maximum absolute atomic E-state index is 12.6. The van der Waals surface area contributed by atoms with Crippen LogP contribution in [-0.4, -0.2) is 24.9 Å². The number of nitrogens with one attached hydrogen (secondary N) is 1. The molecule has 0 unspecified atom stereocenters. The van der Waals surface area contributed by atoms with Gasteiger partial charge in [0, 0.05) is 18.9 Å². The van der Waals surface area contributed by atoms with Crippen LogP contribution in [0.5, 0.6) is 0 Å². The van der Waals surface area contributed by atoms with Gasteiger partial charge in [0.2, 0.25) is 5.91 Å². The summed E-state index contributed by atoms with van der Waals surface area (Å²) in [6.07, 6.45) is -1.28. The maximum atomic E-state index is 12.6. The van der Waals surface area contributed by atoms with Gasteiger partial charge in [-0.3, -0.25) is 9.53 Å². The largest absolute Gasteiger partial charge is 0.523 e. The molecule has 0 aromatic carbocycles. The van der Waals surface area contributed by atoms with Gasteiger partial charge in [-0.1, -0.05) is 18.1 Å². The number of carbonyl (C=O) groups is 1. The third-order valence-electron chi connectivity index (χ3n) is 4.86. The molecule has 3 aliphatic carbocycles. The van der Waals surface area contributed by atoms with Crippen LogP contribution in [0.25, 0.3) is 0 Å². The van der Waals surface area contributed by atoms with E-state index in [1.54, 1.807) is 0 Å². The number of hydrogen-bond acceptors (Lipinski definition) is 2. The first-order chi connectivity index (χ1) is 10.4. The van der Waals surface area contributed by atoms with E-state index in [9.17, 15) is 18.0 Å². The molecule has 0 heterocycles. The van der Waals surface area contributed by atoms with Crippen molar-refractivity contribution >= 4 is 5.91 Å². The predicted molar refractivity (Wildman–Crippen MR) is 74.9 cm³/mol. The topological polar surface area (TPSA) is 38.3 Å². The number of rotatable bonds is 5. The molecule has 3 rings (SSSR count). The van der Waals surface area contributed by atoms with Crippen LogP contribution < -0.4 is 5.32 Å². The number of fused-ring (bicyclic) bond motifs is 4. The van der Waals surface area contributed by atoms with Crippen molar-refractivity contribution in [3.05, 3.63) is 22.3 Å². The normalized spacial score (nSPS) is 26.9. The number of alkyl halides is 3. The molecule has 0 spiro atoms. The van der Waals surface area contributed by atoms with Crippen molar-refractivity contribution in [2.45, 2.75) is 57.9 Å². The smallest absolute Gasteiger partial charge is 0.355 e. The molecule has 22 heavy (non-hydrogen) atoms. The van der Waals surface area contributed by atoms with Crippen LogP contribution in [0.4, 0.5) is 13.2 Å². The Morgan fingerprint density at radius 2 is 1.68 bits per heavy atom. The van der Waals surface area contributed by atoms with E-state index >= 15 is 0 Å². The fourth-order valence-electron chi connectivity index (χ4n) is 4.05. The van der Waals surface area contributed by atoms with E-state index < -0.39 is 12.5 Å². The number of hydrogen-bond donors (Lipinski definition) is 1. The highest BCUT2D eigenvalue weighted by Gasteiger charge is 2.47. The highest BCUT2D eigenvalue weighted by molar-refractivity contribution is 5.76. The number of amides is 1. The van der Waals surface area contributed by atoms with E-state index in [4.69, 9.17) is 0 Å². The Morgan fingerprint density at radius 1 is 1.14 bits per heavy atom. The summed E-state index contributed by atoms with van der Waals surface area (Å²) in [7, 11) is 0. The van der Waals surface area contributed by atoms with Crippen LogP contribution in [-0.2, 0) is 9.53 Å². The van der Waals surface area contributed by atoms with Crippen molar-refractivity contribution in [1.29, 1.82) is 0 Å². The van der Waals surface area contributed by atoms with Crippen LogP contribution in [0.15, 0.2) is 22.3 Å². The maximum Gasteiger partial charge on any atom is 0.523 e. The van der Waals surface area contributed by atoms with Crippen molar-refractivity contribution in [3.8, 4) is 0 Å². The van der Waals surface area contributed by atoms with Crippen molar-refractivity contribution in [1.82, 2.24) is 5.32 Å². The summed E-state index contributed by atoms with van der Waals surface area (Å²) >= 11 is 0. The second-order valence-corrected chi connectivity index (χ2v) is 6.15. The van der Waals surface area contributed by atoms with E-state index in [0.29, 0.717) is 25.8 Å². The summed E-state index contributed by atoms with van der Waals surface area (Å²) in [5.41, 5.74) is 3.76. The molecule has 3 aliphatic rings. The molecule has 0 radical (unpaired) electrons. The zero-order valence-corrected chi connectivity index (χ0v) is 12.6. The van der Waals surface area contributed by atoms with Gasteiger partial charge in [0.15, 0.2) is 0 Å². The minimum atomic E-state index is -4.60. The van der Waals surface area contributed by atoms with Gasteiger partial charge in [-0.15, -0.1) is 13.2 Å². The summed E-state index contributed by atoms with van der Waals surface area (Å²) in [6.45, 7) is 2.45. The van der Waals surface area contributed by atoms with Gasteiger partial charge < -0.3 is 5.32 Å². The van der Waals surface area contributed by atoms with Crippen LogP contribution in [0.3, 0.4) is 0 Å². The molecule has 0 saturated heterocycles. The monoisotopic (exact) mass is 315 g/mol. The van der Waals surface area contributed by atoms with Gasteiger partial charge in [0.25, 0.3) is 0 Å². The van der Waals surface area contributed by atoms with Gasteiger partial charge in [-0.25, -0.2) is 0 Å². The van der Waals surface area contributed by atoms with E-state index in [1.165, 1.54) is 0 Å². The lowest BCUT2D eigenvalue weighted by atomic mass is 9.86. The molecule has 3 nitrogen and oxygen atoms in total. The fourth-order valence-corrected chi connectivity index (χ4v) is 4.05. The molecule has 0 atom stereocenters. The Balaban J connectivity index is 1.77. The Hall–Kier alpha value is -1.30. The minimum absolute atomic E-state index is 0.0131. The molecule has 2 saturated carbocycles. The summed E-state index contributed by atoms with van der Waals surface area (Å²) in [6, 6.07) is 0. The van der Waals surface area contributed by atoms with Crippen LogP contribution in [0.2, 0.25) is 0 Å². The summed E-state index contributed by atoms with van der Waals surface area (Å²) < 4.78 is 42.2. The highest BCUT2D eigenvalue weighted by atomic mass is 19.4. The zero-order valence-electron chi connectivity index (χ0n) is 12.6. The zero-order chi connectivity index (χ0) is 15.9. The molecule has 0 aromatic rings. The molecule has 4 bridgehead atoms. The molecule has 2 fully saturated rings. The molecule has 6 heteroatoms. The van der Waals surface area contributed by atoms with Crippen LogP contribution in [0, 0.1) is 5.92 Å². The average molecular weight is 315 g/mol. The standard InChI is InChI=1S/C16H20F3NO2/c1-2-3-14(21)20-8-13-9-4-5-10(13)12-7-6-11(9)15(12)22-16(17,18)19/h13,15H,2-8H2,1H3,(H,20,21). The van der Waals surface area contributed by atoms with Crippen molar-refractivity contribution in [2.75, 3.05) is 6.54 Å². The molecule has 1 amide bonds. The quantitative estimate of drug-likeness (QED) is 0.787. The molecule has 0 aliphatic heterocycles. The van der Waals surface area contributed by atoms with E-state index in [2.05, 4.69) is 10.1 Å². The second kappa shape index (κ2) is 5.72. The highest BCUT2D eigenvalue weighted by Crippen LogP contribution is 2.53. The van der Waals surface area contributed by atoms with Gasteiger partial charge in [-0.2, -0.15) is 0 Å². The average Bonchev–Trinajstić information content (AvgIpc) is 2.88. The Kier molecular flexibility index (Phi) is 4.05. The number of ether oxygens (including phenoxy) is 1. The Bertz CT molecular complexity index is 518. The first-order valence-electron chi connectivity index (χ1n) is 7.85. The van der Waals surface area contributed by atoms with Gasteiger partial charge in [0.05, 0.1) is 0 Å². The predicted octanol–water partition coefficient (Wildman–Crippen LogP) is 3.62. The number of carbonyl (C=O) groups excluding carboxylic acids is 1. The van der Waals surface area contributed by atoms with Crippen molar-refractivity contribution in [3.63, 3.8) is 0 Å². The molecular formula is C16H20F3NO2. The fraction of sp³-hybridized carbons (Fsp3) is 0.688. The van der Waals surface area contributed by atoms with Crippen LogP contribution >= 0.6 is 0 Å². The molecule has 0 aromatic heterocycles. The van der Waals surface area contributed by atoms with Gasteiger partial charge in [-0.05, 0) is 43.3 Å². The SMILES string of the molecule is CCCC(=O)NCC1C2=C3CCC(=C1CC2)C3OC(F)(F)F. The Morgan fingerprint density at radius 3 is 2.18 bits per heavy atom. The van der Waals surface area contributed by atoms with E-state index in [-0.39, 0.29) is 11.8 Å². The molecular weight excluding hydrogens is 295 g/mol. The minimum Gasteiger partial charge on any atom is -0.355 e. The lowest BCUT2D eigenvalue weighted by Crippen LogP contribution is -2.33. The first kappa shape index (κ1) is 15.6. The summed E-state index contributed by atoms with van der Waals surface area (Å²) in [4.78, 5) is 11.6. The molecule has 122 valence electrons. The summed E-state index contributed by atoms with van der Waals surface area (Å²) in [5.74, 6) is 0.112. The van der Waals surface area contributed by atoms with Gasteiger partial charge in [0.1, 0.15) is 6.10 Å². The number of halogens is 3. The lowest BCUT2D eigenvalue weighted by molar-refractivity contribution is -0.332. The van der Waals surface area contributed by atoms with E-state index in [0.717, 1.165) is 41.6 Å². The molecule has 1 N–H and O–H groups in total.